The van der Waals surface area contributed by atoms with Crippen LogP contribution < -0.4 is 0 Å². The Balaban J connectivity index is 4.22. The maximum absolute atomic E-state index is 11.1. The first-order valence-corrected chi connectivity index (χ1v) is 4.81. The fourth-order valence-corrected chi connectivity index (χ4v) is 1.09. The molecule has 0 aliphatic carbocycles. The van der Waals surface area contributed by atoms with E-state index in [4.69, 9.17) is 0 Å². The van der Waals surface area contributed by atoms with Crippen molar-refractivity contribution in [1.82, 2.24) is 0 Å². The molecular weight excluding hydrogens is 160 g/mol. The molecule has 0 amide bonds. The maximum Gasteiger partial charge on any atom is 0.309 e. The minimum Gasteiger partial charge on any atom is -0.469 e. The summed E-state index contributed by atoms with van der Waals surface area (Å²) in [6.07, 6.45) is 2.00. The van der Waals surface area contributed by atoms with Crippen molar-refractivity contribution in [3.63, 3.8) is 0 Å². The molecule has 0 rings (SSSR count). The van der Waals surface area contributed by atoms with Crippen LogP contribution in [0.5, 0.6) is 0 Å². The van der Waals surface area contributed by atoms with Crippen LogP contribution in [-0.2, 0) is 9.53 Å². The summed E-state index contributed by atoms with van der Waals surface area (Å²) in [5.41, 5.74) is 0. The van der Waals surface area contributed by atoms with E-state index in [1.54, 1.807) is 11.8 Å². The molecule has 0 spiro atoms. The van der Waals surface area contributed by atoms with Crippen molar-refractivity contribution >= 4 is 17.7 Å². The Morgan fingerprint density at radius 3 is 2.27 bits per heavy atom. The topological polar surface area (TPSA) is 26.3 Å². The molecule has 0 radical (unpaired) electrons. The molecule has 0 N–H and O–H groups in total. The molecule has 0 aromatic rings. The molecule has 0 aliphatic heterocycles. The van der Waals surface area contributed by atoms with Gasteiger partial charge in [0.25, 0.3) is 0 Å². The molecule has 1 atom stereocenters. The van der Waals surface area contributed by atoms with E-state index < -0.39 is 0 Å². The smallest absolute Gasteiger partial charge is 0.309 e. The van der Waals surface area contributed by atoms with E-state index in [0.29, 0.717) is 0 Å². The minimum absolute atomic E-state index is 0.0346. The maximum atomic E-state index is 11.1. The van der Waals surface area contributed by atoms with Crippen LogP contribution in [0.25, 0.3) is 0 Å². The Bertz CT molecular complexity index is 143. The molecular formula is C8H16O2S. The van der Waals surface area contributed by atoms with Crippen LogP contribution in [0, 0.1) is 5.92 Å². The zero-order valence-electron chi connectivity index (χ0n) is 7.80. The monoisotopic (exact) mass is 176 g/mol. The average molecular weight is 176 g/mol. The first-order chi connectivity index (χ1) is 4.95. The van der Waals surface area contributed by atoms with Crippen LogP contribution in [-0.4, -0.2) is 24.1 Å². The summed E-state index contributed by atoms with van der Waals surface area (Å²) >= 11 is 1.68. The summed E-state index contributed by atoms with van der Waals surface area (Å²) in [6, 6.07) is 0. The number of carbonyl (C=O) groups is 1. The van der Waals surface area contributed by atoms with Crippen LogP contribution in [0.3, 0.4) is 0 Å². The molecule has 0 bridgehead atoms. The van der Waals surface area contributed by atoms with Gasteiger partial charge in [0, 0.05) is 4.75 Å². The first-order valence-electron chi connectivity index (χ1n) is 3.58. The van der Waals surface area contributed by atoms with Gasteiger partial charge in [0.1, 0.15) is 0 Å². The largest absolute Gasteiger partial charge is 0.469 e. The zero-order valence-corrected chi connectivity index (χ0v) is 8.62. The van der Waals surface area contributed by atoms with Crippen LogP contribution in [0.1, 0.15) is 20.8 Å². The molecule has 0 saturated heterocycles. The SMILES string of the molecule is COC(=O)[C@@H](C)C(C)(C)SC. The molecule has 0 fully saturated rings. The van der Waals surface area contributed by atoms with Crippen LogP contribution >= 0.6 is 11.8 Å². The quantitative estimate of drug-likeness (QED) is 0.615. The highest BCUT2D eigenvalue weighted by atomic mass is 32.2. The number of hydrogen-bond acceptors (Lipinski definition) is 3. The zero-order chi connectivity index (χ0) is 9.07. The van der Waals surface area contributed by atoms with Crippen molar-refractivity contribution < 1.29 is 9.53 Å². The molecule has 0 aromatic heterocycles. The fourth-order valence-electron chi connectivity index (χ4n) is 0.637. The third-order valence-electron chi connectivity index (χ3n) is 2.12. The third kappa shape index (κ3) is 2.73. The van der Waals surface area contributed by atoms with Gasteiger partial charge in [-0.2, -0.15) is 11.8 Å². The Morgan fingerprint density at radius 1 is 1.55 bits per heavy atom. The van der Waals surface area contributed by atoms with Gasteiger partial charge in [-0.25, -0.2) is 0 Å². The summed E-state index contributed by atoms with van der Waals surface area (Å²) in [5.74, 6) is -0.188. The molecule has 0 aliphatic rings. The Hall–Kier alpha value is -0.180. The molecule has 0 saturated carbocycles. The lowest BCUT2D eigenvalue weighted by molar-refractivity contribution is -0.145. The van der Waals surface area contributed by atoms with Crippen molar-refractivity contribution in [2.45, 2.75) is 25.5 Å². The second-order valence-corrected chi connectivity index (χ2v) is 4.51. The molecule has 11 heavy (non-hydrogen) atoms. The normalized spacial score (nSPS) is 14.3. The Morgan fingerprint density at radius 2 is 2.00 bits per heavy atom. The number of carbonyl (C=O) groups excluding carboxylic acids is 1. The van der Waals surface area contributed by atoms with Crippen LogP contribution in [0.4, 0.5) is 0 Å². The molecule has 2 nitrogen and oxygen atoms in total. The van der Waals surface area contributed by atoms with Gasteiger partial charge in [-0.15, -0.1) is 0 Å². The molecule has 0 aromatic carbocycles. The van der Waals surface area contributed by atoms with Gasteiger partial charge in [-0.3, -0.25) is 4.79 Å². The number of methoxy groups -OCH3 is 1. The van der Waals surface area contributed by atoms with E-state index in [0.717, 1.165) is 0 Å². The Kier molecular flexibility index (Phi) is 3.93. The highest BCUT2D eigenvalue weighted by Gasteiger charge is 2.30. The average Bonchev–Trinajstić information content (AvgIpc) is 2.01. The minimum atomic E-state index is -0.135. The predicted molar refractivity (Wildman–Crippen MR) is 48.8 cm³/mol. The van der Waals surface area contributed by atoms with E-state index >= 15 is 0 Å². The first kappa shape index (κ1) is 10.8. The van der Waals surface area contributed by atoms with Crippen LogP contribution in [0.2, 0.25) is 0 Å². The molecule has 3 heteroatoms. The van der Waals surface area contributed by atoms with Crippen molar-refractivity contribution in [2.24, 2.45) is 5.92 Å². The lowest BCUT2D eigenvalue weighted by atomic mass is 9.97. The molecule has 0 unspecified atom stereocenters. The number of thioether (sulfide) groups is 1. The van der Waals surface area contributed by atoms with Crippen molar-refractivity contribution in [2.75, 3.05) is 13.4 Å². The number of ether oxygens (including phenoxy) is 1. The van der Waals surface area contributed by atoms with Gasteiger partial charge in [-0.1, -0.05) is 6.92 Å². The highest BCUT2D eigenvalue weighted by molar-refractivity contribution is 7.99. The number of hydrogen-bond donors (Lipinski definition) is 0. The van der Waals surface area contributed by atoms with Gasteiger partial charge in [0.2, 0.25) is 0 Å². The van der Waals surface area contributed by atoms with Crippen molar-refractivity contribution in [3.05, 3.63) is 0 Å². The highest BCUT2D eigenvalue weighted by Crippen LogP contribution is 2.30. The van der Waals surface area contributed by atoms with Gasteiger partial charge < -0.3 is 4.74 Å². The standard InChI is InChI=1S/C8H16O2S/c1-6(7(9)10-4)8(2,3)11-5/h6H,1-5H3/t6-/m1/s1. The van der Waals surface area contributed by atoms with E-state index in [-0.39, 0.29) is 16.6 Å². The summed E-state index contributed by atoms with van der Waals surface area (Å²) in [4.78, 5) is 11.1. The lowest BCUT2D eigenvalue weighted by Crippen LogP contribution is -2.32. The van der Waals surface area contributed by atoms with Gasteiger partial charge >= 0.3 is 5.97 Å². The van der Waals surface area contributed by atoms with Crippen molar-refractivity contribution in [1.29, 1.82) is 0 Å². The summed E-state index contributed by atoms with van der Waals surface area (Å²) in [5, 5.41) is 0. The van der Waals surface area contributed by atoms with Crippen LogP contribution in [0.15, 0.2) is 0 Å². The van der Waals surface area contributed by atoms with E-state index in [1.165, 1.54) is 7.11 Å². The van der Waals surface area contributed by atoms with E-state index in [1.807, 2.05) is 27.0 Å². The van der Waals surface area contributed by atoms with Gasteiger partial charge in [-0.05, 0) is 20.1 Å². The molecule has 66 valence electrons. The van der Waals surface area contributed by atoms with Crippen molar-refractivity contribution in [3.8, 4) is 0 Å². The number of rotatable bonds is 3. The Labute approximate surface area is 72.7 Å². The van der Waals surface area contributed by atoms with E-state index in [2.05, 4.69) is 4.74 Å². The number of esters is 1. The van der Waals surface area contributed by atoms with E-state index in [9.17, 15) is 4.79 Å². The second-order valence-electron chi connectivity index (χ2n) is 3.05. The fraction of sp³-hybridized carbons (Fsp3) is 0.875. The predicted octanol–water partition coefficient (Wildman–Crippen LogP) is 1.94. The second kappa shape index (κ2) is 4.00. The molecule has 0 heterocycles. The summed E-state index contributed by atoms with van der Waals surface area (Å²) < 4.78 is 4.61. The summed E-state index contributed by atoms with van der Waals surface area (Å²) in [6.45, 7) is 5.97. The lowest BCUT2D eigenvalue weighted by Gasteiger charge is -2.27. The third-order valence-corrected chi connectivity index (χ3v) is 3.53. The summed E-state index contributed by atoms with van der Waals surface area (Å²) in [7, 11) is 1.43. The van der Waals surface area contributed by atoms with Gasteiger partial charge in [0.05, 0.1) is 13.0 Å². The van der Waals surface area contributed by atoms with Gasteiger partial charge in [0.15, 0.2) is 0 Å².